The van der Waals surface area contributed by atoms with Gasteiger partial charge >= 0.3 is 0 Å². The highest BCUT2D eigenvalue weighted by atomic mass is 35.5. The van der Waals surface area contributed by atoms with Gasteiger partial charge in [-0.1, -0.05) is 75.0 Å². The van der Waals surface area contributed by atoms with Gasteiger partial charge in [-0.2, -0.15) is 0 Å². The van der Waals surface area contributed by atoms with Crippen molar-refractivity contribution in [3.8, 4) is 0 Å². The molecule has 2 aromatic rings. The Balaban J connectivity index is 2.50. The lowest BCUT2D eigenvalue weighted by Gasteiger charge is -2.35. The van der Waals surface area contributed by atoms with E-state index in [0.29, 0.717) is 16.1 Å². The number of nitrogens with zero attached hydrogens (tertiary/aromatic N) is 1. The van der Waals surface area contributed by atoms with Gasteiger partial charge in [-0.3, -0.25) is 9.59 Å². The van der Waals surface area contributed by atoms with Crippen LogP contribution in [-0.2, 0) is 0 Å². The quantitative estimate of drug-likeness (QED) is 0.468. The second kappa shape index (κ2) is 9.55. The fraction of sp³-hybridized carbons (Fsp3) is 0.417. The summed E-state index contributed by atoms with van der Waals surface area (Å²) in [5.41, 5.74) is 5.80. The fourth-order valence-electron chi connectivity index (χ4n) is 3.33. The molecule has 2 aromatic carbocycles. The molecule has 2 rings (SSSR count). The monoisotopic (exact) mass is 414 g/mol. The zero-order chi connectivity index (χ0) is 21.8. The van der Waals surface area contributed by atoms with E-state index in [-0.39, 0.29) is 17.4 Å². The molecule has 0 bridgehead atoms. The molecule has 1 N–H and O–H groups in total. The van der Waals surface area contributed by atoms with Gasteiger partial charge in [0.15, 0.2) is 0 Å². The van der Waals surface area contributed by atoms with Crippen LogP contribution in [0.15, 0.2) is 42.5 Å². The predicted molar refractivity (Wildman–Crippen MR) is 119 cm³/mol. The number of hydrogen-bond acceptors (Lipinski definition) is 3. The van der Waals surface area contributed by atoms with Crippen LogP contribution in [0.1, 0.15) is 72.4 Å². The summed E-state index contributed by atoms with van der Waals surface area (Å²) in [6.45, 7) is 12.3. The summed E-state index contributed by atoms with van der Waals surface area (Å²) in [6, 6.07) is 12.3. The second-order valence-electron chi connectivity index (χ2n) is 8.64. The van der Waals surface area contributed by atoms with Crippen molar-refractivity contribution in [2.45, 2.75) is 60.4 Å². The first-order valence-electron chi connectivity index (χ1n) is 10.0. The van der Waals surface area contributed by atoms with Gasteiger partial charge in [0, 0.05) is 11.6 Å². The molecule has 0 spiro atoms. The average molecular weight is 415 g/mol. The molecule has 4 nitrogen and oxygen atoms in total. The number of carbonyl (C=O) groups excluding carboxylic acids is 2. The Bertz CT molecular complexity index is 866. The van der Waals surface area contributed by atoms with Crippen molar-refractivity contribution >= 4 is 23.4 Å². The van der Waals surface area contributed by atoms with E-state index in [2.05, 4.69) is 33.1 Å². The number of benzene rings is 2. The summed E-state index contributed by atoms with van der Waals surface area (Å²) < 4.78 is 0. The number of amides is 2. The molecule has 0 aromatic heterocycles. The molecule has 0 aliphatic carbocycles. The maximum atomic E-state index is 13.4. The Hall–Kier alpha value is -2.17. The largest absolute Gasteiger partial charge is 0.276 e. The molecule has 0 saturated heterocycles. The summed E-state index contributed by atoms with van der Waals surface area (Å²) in [5, 5.41) is 1.46. The standard InChI is InChI=1S/C24H31ClN2O2/c1-7-10-21(24(4,5)6)26-27(23(29)19-11-8-9-12-20(19)25)22(28)18-14-16(2)13-17(3)15-18/h8-9,11-15,21,26H,7,10H2,1-6H3/t21-/m1/s1. The minimum Gasteiger partial charge on any atom is -0.267 e. The van der Waals surface area contributed by atoms with E-state index < -0.39 is 5.91 Å². The predicted octanol–water partition coefficient (Wildman–Crippen LogP) is 5.96. The lowest BCUT2D eigenvalue weighted by molar-refractivity contribution is 0.0425. The van der Waals surface area contributed by atoms with Gasteiger partial charge in [0.05, 0.1) is 10.6 Å². The van der Waals surface area contributed by atoms with Gasteiger partial charge in [0.2, 0.25) is 0 Å². The maximum absolute atomic E-state index is 13.4. The van der Waals surface area contributed by atoms with Crippen LogP contribution in [0.3, 0.4) is 0 Å². The minimum atomic E-state index is -0.454. The normalized spacial score (nSPS) is 12.5. The van der Waals surface area contributed by atoms with Crippen LogP contribution in [0.4, 0.5) is 0 Å². The third-order valence-corrected chi connectivity index (χ3v) is 5.22. The Morgan fingerprint density at radius 2 is 1.62 bits per heavy atom. The third kappa shape index (κ3) is 5.91. The summed E-state index contributed by atoms with van der Waals surface area (Å²) in [6.07, 6.45) is 1.76. The van der Waals surface area contributed by atoms with E-state index in [1.54, 1.807) is 36.4 Å². The first kappa shape index (κ1) is 23.1. The SMILES string of the molecule is CCC[C@@H](NN(C(=O)c1cc(C)cc(C)c1)C(=O)c1ccccc1Cl)C(C)(C)C. The zero-order valence-electron chi connectivity index (χ0n) is 18.2. The van der Waals surface area contributed by atoms with Crippen LogP contribution < -0.4 is 5.43 Å². The highest BCUT2D eigenvalue weighted by molar-refractivity contribution is 6.34. The van der Waals surface area contributed by atoms with Crippen molar-refractivity contribution in [3.63, 3.8) is 0 Å². The van der Waals surface area contributed by atoms with Crippen LogP contribution in [0, 0.1) is 19.3 Å². The molecule has 0 aliphatic rings. The van der Waals surface area contributed by atoms with Gasteiger partial charge < -0.3 is 0 Å². The maximum Gasteiger partial charge on any atom is 0.276 e. The molecule has 0 unspecified atom stereocenters. The summed E-state index contributed by atoms with van der Waals surface area (Å²) in [4.78, 5) is 26.8. The molecule has 0 heterocycles. The van der Waals surface area contributed by atoms with Crippen LogP contribution in [0.2, 0.25) is 5.02 Å². The van der Waals surface area contributed by atoms with Crippen LogP contribution >= 0.6 is 11.6 Å². The van der Waals surface area contributed by atoms with Gasteiger partial charge in [-0.15, -0.1) is 0 Å². The number of carbonyl (C=O) groups is 2. The molecule has 0 saturated carbocycles. The molecular formula is C24H31ClN2O2. The van der Waals surface area contributed by atoms with E-state index in [9.17, 15) is 9.59 Å². The van der Waals surface area contributed by atoms with Crippen LogP contribution in [0.5, 0.6) is 0 Å². The highest BCUT2D eigenvalue weighted by Crippen LogP contribution is 2.25. The number of hydrazine groups is 1. The number of imide groups is 1. The minimum absolute atomic E-state index is 0.0613. The number of rotatable bonds is 6. The van der Waals surface area contributed by atoms with Crippen molar-refractivity contribution in [1.82, 2.24) is 10.4 Å². The summed E-state index contributed by atoms with van der Waals surface area (Å²) in [5.74, 6) is -0.836. The van der Waals surface area contributed by atoms with Gasteiger partial charge in [-0.25, -0.2) is 10.4 Å². The van der Waals surface area contributed by atoms with E-state index in [0.717, 1.165) is 29.0 Å². The first-order valence-corrected chi connectivity index (χ1v) is 10.4. The molecule has 5 heteroatoms. The van der Waals surface area contributed by atoms with Crippen molar-refractivity contribution in [2.75, 3.05) is 0 Å². The van der Waals surface area contributed by atoms with Crippen molar-refractivity contribution in [2.24, 2.45) is 5.41 Å². The molecule has 156 valence electrons. The molecule has 0 fully saturated rings. The van der Waals surface area contributed by atoms with E-state index in [4.69, 9.17) is 11.6 Å². The van der Waals surface area contributed by atoms with E-state index in [1.165, 1.54) is 0 Å². The third-order valence-electron chi connectivity index (χ3n) is 4.89. The number of halogens is 1. The topological polar surface area (TPSA) is 49.4 Å². The summed E-state index contributed by atoms with van der Waals surface area (Å²) in [7, 11) is 0. The van der Waals surface area contributed by atoms with E-state index >= 15 is 0 Å². The molecule has 2 amide bonds. The highest BCUT2D eigenvalue weighted by Gasteiger charge is 2.32. The first-order chi connectivity index (χ1) is 13.5. The van der Waals surface area contributed by atoms with Gasteiger partial charge in [0.25, 0.3) is 11.8 Å². The van der Waals surface area contributed by atoms with Crippen LogP contribution in [0.25, 0.3) is 0 Å². The smallest absolute Gasteiger partial charge is 0.267 e. The van der Waals surface area contributed by atoms with Crippen molar-refractivity contribution in [1.29, 1.82) is 0 Å². The zero-order valence-corrected chi connectivity index (χ0v) is 18.9. The average Bonchev–Trinajstić information content (AvgIpc) is 2.62. The molecular weight excluding hydrogens is 384 g/mol. The van der Waals surface area contributed by atoms with Crippen molar-refractivity contribution < 1.29 is 9.59 Å². The van der Waals surface area contributed by atoms with Crippen molar-refractivity contribution in [3.05, 3.63) is 69.7 Å². The fourth-order valence-corrected chi connectivity index (χ4v) is 3.54. The number of nitrogens with one attached hydrogen (secondary N) is 1. The Morgan fingerprint density at radius 3 is 2.14 bits per heavy atom. The Kier molecular flexibility index (Phi) is 7.61. The second-order valence-corrected chi connectivity index (χ2v) is 9.05. The Morgan fingerprint density at radius 1 is 1.03 bits per heavy atom. The van der Waals surface area contributed by atoms with Gasteiger partial charge in [0.1, 0.15) is 0 Å². The summed E-state index contributed by atoms with van der Waals surface area (Å²) >= 11 is 6.27. The van der Waals surface area contributed by atoms with E-state index in [1.807, 2.05) is 19.9 Å². The Labute approximate surface area is 179 Å². The molecule has 0 aliphatic heterocycles. The molecule has 29 heavy (non-hydrogen) atoms. The number of hydrogen-bond donors (Lipinski definition) is 1. The lowest BCUT2D eigenvalue weighted by Crippen LogP contribution is -2.55. The van der Waals surface area contributed by atoms with Gasteiger partial charge in [-0.05, 0) is 49.9 Å². The number of aryl methyl sites for hydroxylation is 2. The lowest BCUT2D eigenvalue weighted by atomic mass is 9.84. The molecule has 0 radical (unpaired) electrons. The van der Waals surface area contributed by atoms with Crippen LogP contribution in [-0.4, -0.2) is 22.9 Å². The molecule has 1 atom stereocenters.